The molecule has 6 heteroatoms. The molecule has 0 saturated heterocycles. The van der Waals surface area contributed by atoms with Crippen LogP contribution in [0.3, 0.4) is 0 Å². The maximum Gasteiger partial charge on any atom is 0.229 e. The van der Waals surface area contributed by atoms with Gasteiger partial charge in [0.2, 0.25) is 5.95 Å². The first kappa shape index (κ1) is 19.4. The number of ketones is 1. The molecule has 0 unspecified atom stereocenters. The van der Waals surface area contributed by atoms with Crippen LogP contribution in [-0.4, -0.2) is 15.8 Å². The molecular formula is C23H23ClN4O. The second kappa shape index (κ2) is 7.48. The summed E-state index contributed by atoms with van der Waals surface area (Å²) in [7, 11) is 0. The van der Waals surface area contributed by atoms with Crippen molar-refractivity contribution in [3.05, 3.63) is 70.4 Å². The molecule has 0 fully saturated rings. The fourth-order valence-corrected chi connectivity index (χ4v) is 3.86. The molecule has 0 aliphatic heterocycles. The summed E-state index contributed by atoms with van der Waals surface area (Å²) in [6.45, 7) is 6.22. The van der Waals surface area contributed by atoms with Gasteiger partial charge in [-0.3, -0.25) is 4.79 Å². The highest BCUT2D eigenvalue weighted by Crippen LogP contribution is 2.38. The Labute approximate surface area is 175 Å². The molecule has 0 saturated carbocycles. The predicted octanol–water partition coefficient (Wildman–Crippen LogP) is 6.08. The van der Waals surface area contributed by atoms with E-state index in [9.17, 15) is 4.79 Å². The number of halogens is 1. The lowest BCUT2D eigenvalue weighted by Gasteiger charge is -2.30. The van der Waals surface area contributed by atoms with Gasteiger partial charge < -0.3 is 10.6 Å². The number of benzene rings is 2. The number of Topliss-reactive ketones (excluding diaryl/α,β-unsaturated/α-hetero) is 1. The molecule has 0 spiro atoms. The van der Waals surface area contributed by atoms with Crippen LogP contribution >= 0.6 is 11.6 Å². The number of carbonyl (C=O) groups is 1. The van der Waals surface area contributed by atoms with Crippen molar-refractivity contribution >= 4 is 40.5 Å². The third-order valence-corrected chi connectivity index (χ3v) is 5.14. The van der Waals surface area contributed by atoms with Gasteiger partial charge in [0, 0.05) is 22.8 Å². The molecule has 1 heterocycles. The van der Waals surface area contributed by atoms with Gasteiger partial charge in [0.25, 0.3) is 0 Å². The SMILES string of the molecule is Cc1cccc(Nc2nc3c(c(Nc4cccc(Cl)c4)n2)C(=O)CC(C)(C)C3)c1. The van der Waals surface area contributed by atoms with Crippen LogP contribution in [0.5, 0.6) is 0 Å². The third kappa shape index (κ3) is 4.40. The van der Waals surface area contributed by atoms with Crippen LogP contribution in [0.4, 0.5) is 23.1 Å². The minimum Gasteiger partial charge on any atom is -0.339 e. The number of nitrogens with one attached hydrogen (secondary N) is 2. The standard InChI is InChI=1S/C23H23ClN4O/c1-14-6-4-8-16(10-14)26-22-27-18-12-23(2,3)13-19(29)20(18)21(28-22)25-17-9-5-7-15(24)11-17/h4-11H,12-13H2,1-3H3,(H2,25,26,27,28). The molecule has 0 atom stereocenters. The number of hydrogen-bond donors (Lipinski definition) is 2. The lowest BCUT2D eigenvalue weighted by molar-refractivity contribution is 0.0911. The number of anilines is 4. The first-order valence-corrected chi connectivity index (χ1v) is 9.97. The van der Waals surface area contributed by atoms with Gasteiger partial charge in [0.1, 0.15) is 5.82 Å². The van der Waals surface area contributed by atoms with Gasteiger partial charge in [-0.15, -0.1) is 0 Å². The smallest absolute Gasteiger partial charge is 0.229 e. The van der Waals surface area contributed by atoms with E-state index in [2.05, 4.69) is 29.5 Å². The maximum atomic E-state index is 12.9. The minimum atomic E-state index is -0.133. The van der Waals surface area contributed by atoms with Crippen LogP contribution < -0.4 is 10.6 Å². The Bertz CT molecular complexity index is 1090. The van der Waals surface area contributed by atoms with Crippen molar-refractivity contribution in [3.8, 4) is 0 Å². The maximum absolute atomic E-state index is 12.9. The molecule has 2 aromatic carbocycles. The molecule has 2 N–H and O–H groups in total. The highest BCUT2D eigenvalue weighted by molar-refractivity contribution is 6.30. The van der Waals surface area contributed by atoms with Gasteiger partial charge in [0.05, 0.1) is 11.3 Å². The average Bonchev–Trinajstić information content (AvgIpc) is 2.60. The zero-order valence-electron chi connectivity index (χ0n) is 16.7. The van der Waals surface area contributed by atoms with Crippen molar-refractivity contribution < 1.29 is 4.79 Å². The Hall–Kier alpha value is -2.92. The van der Waals surface area contributed by atoms with Gasteiger partial charge >= 0.3 is 0 Å². The second-order valence-electron chi connectivity index (χ2n) is 8.29. The first-order chi connectivity index (χ1) is 13.8. The van der Waals surface area contributed by atoms with Crippen LogP contribution in [0, 0.1) is 12.3 Å². The molecule has 5 nitrogen and oxygen atoms in total. The number of fused-ring (bicyclic) bond motifs is 1. The molecule has 29 heavy (non-hydrogen) atoms. The largest absolute Gasteiger partial charge is 0.339 e. The highest BCUT2D eigenvalue weighted by Gasteiger charge is 2.35. The number of aromatic nitrogens is 2. The van der Waals surface area contributed by atoms with Crippen molar-refractivity contribution in [1.82, 2.24) is 9.97 Å². The quantitative estimate of drug-likeness (QED) is 0.549. The number of aryl methyl sites for hydroxylation is 1. The molecule has 1 aliphatic rings. The van der Waals surface area contributed by atoms with E-state index in [1.807, 2.05) is 43.3 Å². The van der Waals surface area contributed by atoms with Gasteiger partial charge in [-0.1, -0.05) is 43.6 Å². The Kier molecular flexibility index (Phi) is 5.01. The summed E-state index contributed by atoms with van der Waals surface area (Å²) in [6, 6.07) is 15.4. The van der Waals surface area contributed by atoms with Crippen LogP contribution in [0.15, 0.2) is 48.5 Å². The molecule has 1 aromatic heterocycles. The summed E-state index contributed by atoms with van der Waals surface area (Å²) in [5, 5.41) is 7.16. The molecule has 0 radical (unpaired) electrons. The molecule has 4 rings (SSSR count). The monoisotopic (exact) mass is 406 g/mol. The van der Waals surface area contributed by atoms with Gasteiger partial charge in [-0.05, 0) is 54.7 Å². The van der Waals surface area contributed by atoms with E-state index < -0.39 is 0 Å². The zero-order chi connectivity index (χ0) is 20.6. The molecule has 0 amide bonds. The summed E-state index contributed by atoms with van der Waals surface area (Å²) in [5.41, 5.74) is 4.02. The molecular weight excluding hydrogens is 384 g/mol. The Morgan fingerprint density at radius 2 is 1.69 bits per heavy atom. The van der Waals surface area contributed by atoms with Crippen molar-refractivity contribution in [3.63, 3.8) is 0 Å². The van der Waals surface area contributed by atoms with E-state index in [0.29, 0.717) is 35.2 Å². The van der Waals surface area contributed by atoms with Gasteiger partial charge in [0.15, 0.2) is 5.78 Å². The minimum absolute atomic E-state index is 0.0582. The van der Waals surface area contributed by atoms with Crippen LogP contribution in [0.25, 0.3) is 0 Å². The number of hydrogen-bond acceptors (Lipinski definition) is 5. The van der Waals surface area contributed by atoms with Crippen molar-refractivity contribution in [1.29, 1.82) is 0 Å². The van der Waals surface area contributed by atoms with Gasteiger partial charge in [-0.25, -0.2) is 4.98 Å². The fourth-order valence-electron chi connectivity index (χ4n) is 3.67. The Morgan fingerprint density at radius 3 is 2.41 bits per heavy atom. The first-order valence-electron chi connectivity index (χ1n) is 9.59. The molecule has 0 bridgehead atoms. The summed E-state index contributed by atoms with van der Waals surface area (Å²) in [4.78, 5) is 22.3. The van der Waals surface area contributed by atoms with Crippen LogP contribution in [-0.2, 0) is 6.42 Å². The number of carbonyl (C=O) groups excluding carboxylic acids is 1. The third-order valence-electron chi connectivity index (χ3n) is 4.91. The van der Waals surface area contributed by atoms with E-state index in [-0.39, 0.29) is 11.2 Å². The summed E-state index contributed by atoms with van der Waals surface area (Å²) < 4.78 is 0. The van der Waals surface area contributed by atoms with Crippen LogP contribution in [0.2, 0.25) is 5.02 Å². The summed E-state index contributed by atoms with van der Waals surface area (Å²) >= 11 is 6.12. The lowest BCUT2D eigenvalue weighted by atomic mass is 9.75. The van der Waals surface area contributed by atoms with E-state index in [4.69, 9.17) is 16.6 Å². The van der Waals surface area contributed by atoms with Crippen molar-refractivity contribution in [2.24, 2.45) is 5.41 Å². The number of rotatable bonds is 4. The lowest BCUT2D eigenvalue weighted by Crippen LogP contribution is -2.29. The van der Waals surface area contributed by atoms with E-state index in [0.717, 1.165) is 22.6 Å². The Balaban J connectivity index is 1.78. The fraction of sp³-hybridized carbons (Fsp3) is 0.261. The normalized spacial score (nSPS) is 15.0. The Morgan fingerprint density at radius 1 is 0.966 bits per heavy atom. The van der Waals surface area contributed by atoms with Crippen LogP contribution in [0.1, 0.15) is 41.9 Å². The summed E-state index contributed by atoms with van der Waals surface area (Å²) in [6.07, 6.45) is 1.18. The zero-order valence-corrected chi connectivity index (χ0v) is 17.5. The summed E-state index contributed by atoms with van der Waals surface area (Å²) in [5.74, 6) is 1.03. The van der Waals surface area contributed by atoms with Crippen molar-refractivity contribution in [2.45, 2.75) is 33.6 Å². The van der Waals surface area contributed by atoms with Gasteiger partial charge in [-0.2, -0.15) is 4.98 Å². The molecule has 148 valence electrons. The topological polar surface area (TPSA) is 66.9 Å². The predicted molar refractivity (Wildman–Crippen MR) is 118 cm³/mol. The number of nitrogens with zero attached hydrogens (tertiary/aromatic N) is 2. The molecule has 1 aliphatic carbocycles. The van der Waals surface area contributed by atoms with E-state index in [1.54, 1.807) is 12.1 Å². The second-order valence-corrected chi connectivity index (χ2v) is 8.72. The van der Waals surface area contributed by atoms with E-state index in [1.165, 1.54) is 0 Å². The highest BCUT2D eigenvalue weighted by atomic mass is 35.5. The molecule has 3 aromatic rings. The van der Waals surface area contributed by atoms with Crippen molar-refractivity contribution in [2.75, 3.05) is 10.6 Å². The average molecular weight is 407 g/mol. The van der Waals surface area contributed by atoms with E-state index >= 15 is 0 Å².